The average molecular weight is 417 g/mol. The summed E-state index contributed by atoms with van der Waals surface area (Å²) in [7, 11) is 1.86. The molecule has 3 atom stereocenters. The van der Waals surface area contributed by atoms with Crippen molar-refractivity contribution in [3.8, 4) is 0 Å². The van der Waals surface area contributed by atoms with Crippen molar-refractivity contribution in [2.45, 2.75) is 44.1 Å². The Bertz CT molecular complexity index is 666. The highest BCUT2D eigenvalue weighted by molar-refractivity contribution is 5.80. The van der Waals surface area contributed by atoms with Crippen LogP contribution in [-0.4, -0.2) is 93.7 Å². The van der Waals surface area contributed by atoms with E-state index in [4.69, 9.17) is 14.2 Å². The molecule has 3 heterocycles. The lowest BCUT2D eigenvalue weighted by atomic mass is 10.1. The Morgan fingerprint density at radius 3 is 2.90 bits per heavy atom. The monoisotopic (exact) mass is 416 g/mol. The number of rotatable bonds is 8. The van der Waals surface area contributed by atoms with Crippen molar-refractivity contribution in [2.75, 3.05) is 59.7 Å². The molecule has 3 saturated heterocycles. The quantitative estimate of drug-likeness (QED) is 0.396. The summed E-state index contributed by atoms with van der Waals surface area (Å²) >= 11 is 0. The molecule has 1 N–H and O–H groups in total. The fourth-order valence-corrected chi connectivity index (χ4v) is 4.64. The molecular weight excluding hydrogens is 380 g/mol. The van der Waals surface area contributed by atoms with E-state index < -0.39 is 0 Å². The van der Waals surface area contributed by atoms with Crippen LogP contribution in [0, 0.1) is 0 Å². The Balaban J connectivity index is 1.20. The summed E-state index contributed by atoms with van der Waals surface area (Å²) in [6.45, 7) is 7.83. The topological polar surface area (TPSA) is 58.6 Å². The first-order valence-corrected chi connectivity index (χ1v) is 11.4. The molecule has 30 heavy (non-hydrogen) atoms. The van der Waals surface area contributed by atoms with Crippen molar-refractivity contribution < 1.29 is 14.2 Å². The summed E-state index contributed by atoms with van der Waals surface area (Å²) in [6.07, 6.45) is 3.80. The number of benzene rings is 1. The lowest BCUT2D eigenvalue weighted by Gasteiger charge is -2.36. The van der Waals surface area contributed by atoms with Crippen LogP contribution in [0.3, 0.4) is 0 Å². The summed E-state index contributed by atoms with van der Waals surface area (Å²) < 4.78 is 17.5. The third-order valence-electron chi connectivity index (χ3n) is 6.23. The van der Waals surface area contributed by atoms with Crippen LogP contribution in [0.15, 0.2) is 35.3 Å². The molecule has 0 aromatic heterocycles. The van der Waals surface area contributed by atoms with Gasteiger partial charge in [0.05, 0.1) is 31.5 Å². The van der Waals surface area contributed by atoms with Gasteiger partial charge in [-0.3, -0.25) is 9.89 Å². The number of hydrogen-bond donors (Lipinski definition) is 1. The first-order chi connectivity index (χ1) is 14.8. The maximum absolute atomic E-state index is 6.10. The van der Waals surface area contributed by atoms with Gasteiger partial charge in [-0.25, -0.2) is 0 Å². The molecule has 7 nitrogen and oxygen atoms in total. The molecule has 3 fully saturated rings. The number of hydrogen-bond acceptors (Lipinski definition) is 5. The van der Waals surface area contributed by atoms with Gasteiger partial charge >= 0.3 is 0 Å². The first-order valence-electron chi connectivity index (χ1n) is 11.4. The van der Waals surface area contributed by atoms with Crippen LogP contribution in [0.4, 0.5) is 0 Å². The summed E-state index contributed by atoms with van der Waals surface area (Å²) in [5, 5.41) is 3.50. The third-order valence-corrected chi connectivity index (χ3v) is 6.23. The van der Waals surface area contributed by atoms with Gasteiger partial charge < -0.3 is 24.4 Å². The Morgan fingerprint density at radius 1 is 1.20 bits per heavy atom. The minimum atomic E-state index is 0.246. The molecule has 0 saturated carbocycles. The minimum absolute atomic E-state index is 0.246. The molecule has 4 rings (SSSR count). The minimum Gasteiger partial charge on any atom is -0.379 e. The smallest absolute Gasteiger partial charge is 0.193 e. The van der Waals surface area contributed by atoms with Crippen LogP contribution in [-0.2, 0) is 20.8 Å². The fraction of sp³-hybridized carbons (Fsp3) is 0.696. The number of guanidine groups is 1. The number of morpholine rings is 1. The Labute approximate surface area is 180 Å². The normalized spacial score (nSPS) is 27.4. The second-order valence-corrected chi connectivity index (χ2v) is 8.38. The molecule has 3 aliphatic heterocycles. The molecule has 3 unspecified atom stereocenters. The third kappa shape index (κ3) is 5.72. The summed E-state index contributed by atoms with van der Waals surface area (Å²) in [4.78, 5) is 9.42. The Kier molecular flexibility index (Phi) is 7.97. The molecular formula is C23H36N4O3. The molecule has 1 aromatic rings. The van der Waals surface area contributed by atoms with Crippen LogP contribution in [0.1, 0.15) is 24.8 Å². The van der Waals surface area contributed by atoms with Gasteiger partial charge in [-0.15, -0.1) is 0 Å². The van der Waals surface area contributed by atoms with Crippen LogP contribution in [0.25, 0.3) is 0 Å². The largest absolute Gasteiger partial charge is 0.379 e. The van der Waals surface area contributed by atoms with Crippen molar-refractivity contribution in [1.29, 1.82) is 0 Å². The van der Waals surface area contributed by atoms with E-state index in [1.54, 1.807) is 0 Å². The van der Waals surface area contributed by atoms with Crippen molar-refractivity contribution >= 4 is 5.96 Å². The van der Waals surface area contributed by atoms with Gasteiger partial charge in [0.1, 0.15) is 0 Å². The van der Waals surface area contributed by atoms with Gasteiger partial charge in [0.2, 0.25) is 0 Å². The van der Waals surface area contributed by atoms with E-state index in [2.05, 4.69) is 50.4 Å². The molecule has 0 radical (unpaired) electrons. The van der Waals surface area contributed by atoms with E-state index in [0.717, 1.165) is 84.4 Å². The van der Waals surface area contributed by atoms with E-state index in [1.165, 1.54) is 5.56 Å². The van der Waals surface area contributed by atoms with Gasteiger partial charge in [0.15, 0.2) is 5.96 Å². The zero-order chi connectivity index (χ0) is 20.6. The van der Waals surface area contributed by atoms with Crippen molar-refractivity contribution in [2.24, 2.45) is 4.99 Å². The van der Waals surface area contributed by atoms with E-state index in [-0.39, 0.29) is 6.10 Å². The molecule has 0 bridgehead atoms. The lowest BCUT2D eigenvalue weighted by Crippen LogP contribution is -2.50. The van der Waals surface area contributed by atoms with Crippen LogP contribution in [0.2, 0.25) is 0 Å². The highest BCUT2D eigenvalue weighted by Gasteiger charge is 2.41. The standard InChI is InChI=1S/C23H36N4O3/c1-24-23(25-10-6-12-28-18-20-9-5-13-29-20)27-16-21-22(17-27)30-14-11-26(21)15-19-7-3-2-4-8-19/h2-4,7-8,20-22H,5-6,9-18H2,1H3,(H,24,25). The average Bonchev–Trinajstić information content (AvgIpc) is 3.44. The van der Waals surface area contributed by atoms with Gasteiger partial charge in [-0.1, -0.05) is 30.3 Å². The number of likely N-dealkylation sites (tertiary alicyclic amines) is 1. The van der Waals surface area contributed by atoms with Crippen molar-refractivity contribution in [3.05, 3.63) is 35.9 Å². The number of nitrogens with zero attached hydrogens (tertiary/aromatic N) is 3. The fourth-order valence-electron chi connectivity index (χ4n) is 4.64. The molecule has 0 amide bonds. The summed E-state index contributed by atoms with van der Waals surface area (Å²) in [5.74, 6) is 0.965. The Morgan fingerprint density at radius 2 is 2.10 bits per heavy atom. The van der Waals surface area contributed by atoms with Crippen LogP contribution < -0.4 is 5.32 Å². The number of fused-ring (bicyclic) bond motifs is 1. The zero-order valence-electron chi connectivity index (χ0n) is 18.2. The molecule has 0 spiro atoms. The van der Waals surface area contributed by atoms with Crippen LogP contribution in [0.5, 0.6) is 0 Å². The molecule has 3 aliphatic rings. The summed E-state index contributed by atoms with van der Waals surface area (Å²) in [6, 6.07) is 11.1. The van der Waals surface area contributed by atoms with Crippen molar-refractivity contribution in [1.82, 2.24) is 15.1 Å². The predicted octanol–water partition coefficient (Wildman–Crippen LogP) is 1.73. The SMILES string of the molecule is CN=C(NCCCOCC1CCCO1)N1CC2OCCN(Cc3ccccc3)C2C1. The zero-order valence-corrected chi connectivity index (χ0v) is 18.2. The van der Waals surface area contributed by atoms with E-state index in [1.807, 2.05) is 7.05 Å². The maximum Gasteiger partial charge on any atom is 0.193 e. The predicted molar refractivity (Wildman–Crippen MR) is 118 cm³/mol. The van der Waals surface area contributed by atoms with Gasteiger partial charge in [0, 0.05) is 53.0 Å². The molecule has 166 valence electrons. The van der Waals surface area contributed by atoms with E-state index in [9.17, 15) is 0 Å². The van der Waals surface area contributed by atoms with Crippen molar-refractivity contribution in [3.63, 3.8) is 0 Å². The second-order valence-electron chi connectivity index (χ2n) is 8.38. The first kappa shape index (κ1) is 21.6. The number of aliphatic imine (C=N–C) groups is 1. The number of ether oxygens (including phenoxy) is 3. The second kappa shape index (κ2) is 11.1. The van der Waals surface area contributed by atoms with Gasteiger partial charge in [-0.2, -0.15) is 0 Å². The van der Waals surface area contributed by atoms with E-state index >= 15 is 0 Å². The highest BCUT2D eigenvalue weighted by atomic mass is 16.5. The van der Waals surface area contributed by atoms with Gasteiger partial charge in [-0.05, 0) is 24.8 Å². The van der Waals surface area contributed by atoms with Gasteiger partial charge in [0.25, 0.3) is 0 Å². The van der Waals surface area contributed by atoms with Crippen LogP contribution >= 0.6 is 0 Å². The molecule has 7 heteroatoms. The maximum atomic E-state index is 6.10. The number of nitrogens with one attached hydrogen (secondary N) is 1. The molecule has 0 aliphatic carbocycles. The summed E-state index contributed by atoms with van der Waals surface area (Å²) in [5.41, 5.74) is 1.36. The molecule has 1 aromatic carbocycles. The van der Waals surface area contributed by atoms with E-state index in [0.29, 0.717) is 12.1 Å². The highest BCUT2D eigenvalue weighted by Crippen LogP contribution is 2.24. The lowest BCUT2D eigenvalue weighted by molar-refractivity contribution is -0.0502. The Hall–Kier alpha value is -1.67.